The molecule has 0 atom stereocenters. The number of anilines is 1. The molecule has 0 unspecified atom stereocenters. The summed E-state index contributed by atoms with van der Waals surface area (Å²) < 4.78 is 7.33. The fourth-order valence-electron chi connectivity index (χ4n) is 3.12. The van der Waals surface area contributed by atoms with E-state index in [2.05, 4.69) is 21.5 Å². The number of aryl methyl sites for hydroxylation is 2. The maximum atomic E-state index is 12.6. The molecule has 134 valence electrons. The first-order valence-electron chi connectivity index (χ1n) is 8.71. The lowest BCUT2D eigenvalue weighted by molar-refractivity contribution is 0.194. The van der Waals surface area contributed by atoms with Crippen LogP contribution in [0.3, 0.4) is 0 Å². The highest BCUT2D eigenvalue weighted by Crippen LogP contribution is 2.28. The number of hydrogen-bond acceptors (Lipinski definition) is 4. The molecule has 2 amide bonds. The third-order valence-corrected chi connectivity index (χ3v) is 4.45. The van der Waals surface area contributed by atoms with E-state index >= 15 is 0 Å². The molecule has 3 rings (SSSR count). The van der Waals surface area contributed by atoms with Crippen LogP contribution in [-0.2, 0) is 7.05 Å². The summed E-state index contributed by atoms with van der Waals surface area (Å²) in [5.41, 5.74) is 2.72. The highest BCUT2D eigenvalue weighted by atomic mass is 16.5. The molecular formula is C18H25N5O2. The number of urea groups is 1. The first-order chi connectivity index (χ1) is 12.1. The molecule has 1 fully saturated rings. The number of ether oxygens (including phenoxy) is 1. The van der Waals surface area contributed by atoms with Crippen molar-refractivity contribution in [1.82, 2.24) is 19.7 Å². The monoisotopic (exact) mass is 343 g/mol. The zero-order valence-corrected chi connectivity index (χ0v) is 15.0. The second kappa shape index (κ2) is 7.55. The van der Waals surface area contributed by atoms with Crippen molar-refractivity contribution in [2.45, 2.75) is 32.6 Å². The molecule has 0 aromatic carbocycles. The van der Waals surface area contributed by atoms with Gasteiger partial charge in [-0.2, -0.15) is 5.10 Å². The molecule has 7 heteroatoms. The summed E-state index contributed by atoms with van der Waals surface area (Å²) in [7, 11) is 1.93. The Balaban J connectivity index is 1.60. The molecule has 1 aliphatic heterocycles. The van der Waals surface area contributed by atoms with Crippen molar-refractivity contribution < 1.29 is 9.53 Å². The average Bonchev–Trinajstić information content (AvgIpc) is 3.04. The summed E-state index contributed by atoms with van der Waals surface area (Å²) in [5.74, 6) is 0.884. The van der Waals surface area contributed by atoms with E-state index in [1.807, 2.05) is 42.7 Å². The van der Waals surface area contributed by atoms with Gasteiger partial charge in [0.25, 0.3) is 0 Å². The second-order valence-electron chi connectivity index (χ2n) is 6.40. The lowest BCUT2D eigenvalue weighted by Crippen LogP contribution is -2.40. The summed E-state index contributed by atoms with van der Waals surface area (Å²) in [6.07, 6.45) is 5.55. The highest BCUT2D eigenvalue weighted by Gasteiger charge is 2.25. The van der Waals surface area contributed by atoms with Gasteiger partial charge in [-0.05, 0) is 44.4 Å². The molecule has 0 spiro atoms. The zero-order valence-electron chi connectivity index (χ0n) is 15.0. The van der Waals surface area contributed by atoms with Crippen LogP contribution in [0.15, 0.2) is 24.5 Å². The molecule has 1 N–H and O–H groups in total. The average molecular weight is 343 g/mol. The minimum absolute atomic E-state index is 0.104. The van der Waals surface area contributed by atoms with Crippen molar-refractivity contribution in [3.05, 3.63) is 35.8 Å². The van der Waals surface area contributed by atoms with Crippen LogP contribution >= 0.6 is 0 Å². The predicted octanol–water partition coefficient (Wildman–Crippen LogP) is 2.93. The van der Waals surface area contributed by atoms with Crippen molar-refractivity contribution in [3.63, 3.8) is 0 Å². The minimum atomic E-state index is -0.104. The Morgan fingerprint density at radius 2 is 2.16 bits per heavy atom. The molecule has 0 saturated carbocycles. The first-order valence-corrected chi connectivity index (χ1v) is 8.71. The van der Waals surface area contributed by atoms with E-state index in [0.717, 1.165) is 37.2 Å². The molecule has 7 nitrogen and oxygen atoms in total. The molecule has 0 bridgehead atoms. The SMILES string of the molecule is CCOc1ncc(C)cc1NC(=O)N1CCC(c2ccn(C)n2)CC1. The maximum absolute atomic E-state index is 12.6. The van der Waals surface area contributed by atoms with Crippen LogP contribution in [0, 0.1) is 6.92 Å². The van der Waals surface area contributed by atoms with Crippen LogP contribution in [-0.4, -0.2) is 45.4 Å². The van der Waals surface area contributed by atoms with Crippen LogP contribution in [0.25, 0.3) is 0 Å². The van der Waals surface area contributed by atoms with E-state index in [1.54, 1.807) is 6.20 Å². The molecule has 2 aromatic rings. The Morgan fingerprint density at radius 3 is 2.80 bits per heavy atom. The van der Waals surface area contributed by atoms with Crippen molar-refractivity contribution >= 4 is 11.7 Å². The molecule has 1 saturated heterocycles. The molecule has 0 aliphatic carbocycles. The Hall–Kier alpha value is -2.57. The van der Waals surface area contributed by atoms with Gasteiger partial charge in [0, 0.05) is 38.4 Å². The summed E-state index contributed by atoms with van der Waals surface area (Å²) in [6.45, 7) is 5.78. The summed E-state index contributed by atoms with van der Waals surface area (Å²) >= 11 is 0. The summed E-state index contributed by atoms with van der Waals surface area (Å²) in [6, 6.07) is 3.84. The van der Waals surface area contributed by atoms with Crippen LogP contribution in [0.2, 0.25) is 0 Å². The number of aromatic nitrogens is 3. The van der Waals surface area contributed by atoms with Gasteiger partial charge in [0.05, 0.1) is 12.3 Å². The Bertz CT molecular complexity index is 735. The molecule has 2 aromatic heterocycles. The lowest BCUT2D eigenvalue weighted by atomic mass is 9.94. The van der Waals surface area contributed by atoms with Gasteiger partial charge in [-0.3, -0.25) is 4.68 Å². The molecule has 1 aliphatic rings. The van der Waals surface area contributed by atoms with Crippen LogP contribution < -0.4 is 10.1 Å². The van der Waals surface area contributed by atoms with Crippen molar-refractivity contribution in [3.8, 4) is 5.88 Å². The second-order valence-corrected chi connectivity index (χ2v) is 6.40. The Morgan fingerprint density at radius 1 is 1.40 bits per heavy atom. The van der Waals surface area contributed by atoms with E-state index in [9.17, 15) is 4.79 Å². The smallest absolute Gasteiger partial charge is 0.321 e. The van der Waals surface area contributed by atoms with Gasteiger partial charge in [-0.15, -0.1) is 0 Å². The van der Waals surface area contributed by atoms with Crippen LogP contribution in [0.1, 0.15) is 36.9 Å². The number of piperidine rings is 1. The molecular weight excluding hydrogens is 318 g/mol. The fraction of sp³-hybridized carbons (Fsp3) is 0.500. The number of rotatable bonds is 4. The van der Waals surface area contributed by atoms with E-state index in [4.69, 9.17) is 4.74 Å². The number of nitrogens with zero attached hydrogens (tertiary/aromatic N) is 4. The van der Waals surface area contributed by atoms with E-state index in [0.29, 0.717) is 24.1 Å². The number of hydrogen-bond donors (Lipinski definition) is 1. The van der Waals surface area contributed by atoms with Gasteiger partial charge in [-0.25, -0.2) is 9.78 Å². The Labute approximate surface area is 148 Å². The molecule has 0 radical (unpaired) electrons. The zero-order chi connectivity index (χ0) is 17.8. The van der Waals surface area contributed by atoms with Gasteiger partial charge in [0.1, 0.15) is 5.69 Å². The largest absolute Gasteiger partial charge is 0.476 e. The minimum Gasteiger partial charge on any atom is -0.476 e. The number of carbonyl (C=O) groups excluding carboxylic acids is 1. The first kappa shape index (κ1) is 17.3. The van der Waals surface area contributed by atoms with Gasteiger partial charge in [0.15, 0.2) is 0 Å². The number of nitrogens with one attached hydrogen (secondary N) is 1. The molecule has 3 heterocycles. The van der Waals surface area contributed by atoms with Crippen molar-refractivity contribution in [2.75, 3.05) is 25.0 Å². The van der Waals surface area contributed by atoms with Crippen molar-refractivity contribution in [1.29, 1.82) is 0 Å². The quantitative estimate of drug-likeness (QED) is 0.926. The van der Waals surface area contributed by atoms with Gasteiger partial charge in [-0.1, -0.05) is 0 Å². The van der Waals surface area contributed by atoms with E-state index in [1.165, 1.54) is 0 Å². The van der Waals surface area contributed by atoms with Crippen molar-refractivity contribution in [2.24, 2.45) is 7.05 Å². The third kappa shape index (κ3) is 4.10. The molecule has 25 heavy (non-hydrogen) atoms. The third-order valence-electron chi connectivity index (χ3n) is 4.45. The van der Waals surface area contributed by atoms with Crippen LogP contribution in [0.4, 0.5) is 10.5 Å². The summed E-state index contributed by atoms with van der Waals surface area (Å²) in [4.78, 5) is 18.7. The summed E-state index contributed by atoms with van der Waals surface area (Å²) in [5, 5.41) is 7.43. The van der Waals surface area contributed by atoms with Crippen LogP contribution in [0.5, 0.6) is 5.88 Å². The van der Waals surface area contributed by atoms with E-state index in [-0.39, 0.29) is 6.03 Å². The predicted molar refractivity (Wildman–Crippen MR) is 95.9 cm³/mol. The number of pyridine rings is 1. The Kier molecular flexibility index (Phi) is 5.21. The number of amides is 2. The normalized spacial score (nSPS) is 15.2. The van der Waals surface area contributed by atoms with Gasteiger partial charge >= 0.3 is 6.03 Å². The van der Waals surface area contributed by atoms with E-state index < -0.39 is 0 Å². The topological polar surface area (TPSA) is 72.3 Å². The number of carbonyl (C=O) groups is 1. The standard InChI is InChI=1S/C18H25N5O2/c1-4-25-17-16(11-13(2)12-19-17)20-18(24)23-9-5-14(6-10-23)15-7-8-22(3)21-15/h7-8,11-12,14H,4-6,9-10H2,1-3H3,(H,20,24). The van der Waals surface area contributed by atoms with Gasteiger partial charge < -0.3 is 15.0 Å². The highest BCUT2D eigenvalue weighted by molar-refractivity contribution is 5.90. The fourth-order valence-corrected chi connectivity index (χ4v) is 3.12. The lowest BCUT2D eigenvalue weighted by Gasteiger charge is -2.31. The maximum Gasteiger partial charge on any atom is 0.321 e. The van der Waals surface area contributed by atoms with Gasteiger partial charge in [0.2, 0.25) is 5.88 Å². The number of likely N-dealkylation sites (tertiary alicyclic amines) is 1.